The van der Waals surface area contributed by atoms with E-state index in [0.717, 1.165) is 24.6 Å². The van der Waals surface area contributed by atoms with Crippen LogP contribution in [0, 0.1) is 6.92 Å². The van der Waals surface area contributed by atoms with E-state index in [1.165, 1.54) is 42.9 Å². The van der Waals surface area contributed by atoms with Crippen molar-refractivity contribution >= 4 is 0 Å². The summed E-state index contributed by atoms with van der Waals surface area (Å²) in [5, 5.41) is 0. The Morgan fingerprint density at radius 3 is 2.04 bits per heavy atom. The Bertz CT molecular complexity index is 677. The number of benzene rings is 2. The molecule has 0 aromatic heterocycles. The molecule has 1 heterocycles. The number of para-hydroxylation sites is 1. The SMILES string of the molecule is COc1cccc(C[NH+]2CC[NH+](Cc3ccc(C)cc3)CC2)c1OC. The number of hydrogen-bond acceptors (Lipinski definition) is 2. The van der Waals surface area contributed by atoms with Gasteiger partial charge in [-0.3, -0.25) is 0 Å². The van der Waals surface area contributed by atoms with Crippen LogP contribution in [0.5, 0.6) is 11.5 Å². The summed E-state index contributed by atoms with van der Waals surface area (Å²) in [6, 6.07) is 15.1. The highest BCUT2D eigenvalue weighted by molar-refractivity contribution is 5.46. The Balaban J connectivity index is 1.55. The van der Waals surface area contributed by atoms with Crippen molar-refractivity contribution < 1.29 is 19.3 Å². The van der Waals surface area contributed by atoms with E-state index < -0.39 is 0 Å². The minimum absolute atomic E-state index is 0.822. The lowest BCUT2D eigenvalue weighted by Gasteiger charge is -2.30. The maximum Gasteiger partial charge on any atom is 0.169 e. The van der Waals surface area contributed by atoms with Crippen molar-refractivity contribution in [1.29, 1.82) is 0 Å². The fourth-order valence-corrected chi connectivity index (χ4v) is 3.67. The number of piperazine rings is 1. The molecule has 0 bridgehead atoms. The third kappa shape index (κ3) is 4.53. The summed E-state index contributed by atoms with van der Waals surface area (Å²) in [6.45, 7) is 9.11. The van der Waals surface area contributed by atoms with E-state index in [9.17, 15) is 0 Å². The maximum absolute atomic E-state index is 5.58. The second-order valence-electron chi connectivity index (χ2n) is 6.99. The van der Waals surface area contributed by atoms with Gasteiger partial charge in [0.15, 0.2) is 11.5 Å². The molecule has 4 heteroatoms. The predicted molar refractivity (Wildman–Crippen MR) is 99.5 cm³/mol. The average molecular weight is 342 g/mol. The van der Waals surface area contributed by atoms with Crippen molar-refractivity contribution in [2.24, 2.45) is 0 Å². The second-order valence-corrected chi connectivity index (χ2v) is 6.99. The van der Waals surface area contributed by atoms with Crippen molar-refractivity contribution in [3.63, 3.8) is 0 Å². The topological polar surface area (TPSA) is 27.3 Å². The van der Waals surface area contributed by atoms with Gasteiger partial charge in [-0.15, -0.1) is 0 Å². The Morgan fingerprint density at radius 2 is 1.44 bits per heavy atom. The van der Waals surface area contributed by atoms with Crippen LogP contribution in [0.25, 0.3) is 0 Å². The molecule has 3 rings (SSSR count). The fraction of sp³-hybridized carbons (Fsp3) is 0.429. The fourth-order valence-electron chi connectivity index (χ4n) is 3.67. The van der Waals surface area contributed by atoms with Crippen molar-refractivity contribution in [3.05, 3.63) is 59.2 Å². The Kier molecular flexibility index (Phi) is 5.95. The molecule has 2 N–H and O–H groups in total. The number of rotatable bonds is 6. The normalized spacial score (nSPS) is 20.3. The zero-order valence-electron chi connectivity index (χ0n) is 15.6. The van der Waals surface area contributed by atoms with Crippen LogP contribution < -0.4 is 19.3 Å². The third-order valence-electron chi connectivity index (χ3n) is 5.16. The molecule has 1 aliphatic heterocycles. The number of quaternary nitrogens is 2. The minimum atomic E-state index is 0.822. The average Bonchev–Trinajstić information content (AvgIpc) is 2.65. The lowest BCUT2D eigenvalue weighted by molar-refractivity contribution is -1.02. The summed E-state index contributed by atoms with van der Waals surface area (Å²) in [6.07, 6.45) is 0. The van der Waals surface area contributed by atoms with Gasteiger partial charge in [0.2, 0.25) is 0 Å². The van der Waals surface area contributed by atoms with E-state index in [-0.39, 0.29) is 0 Å². The van der Waals surface area contributed by atoms with E-state index in [2.05, 4.69) is 43.3 Å². The first-order chi connectivity index (χ1) is 12.2. The van der Waals surface area contributed by atoms with Crippen LogP contribution in [0.15, 0.2) is 42.5 Å². The number of methoxy groups -OCH3 is 2. The molecule has 2 aromatic rings. The Labute approximate surface area is 151 Å². The molecular formula is C21H30N2O2+2. The minimum Gasteiger partial charge on any atom is -0.493 e. The molecule has 0 saturated carbocycles. The van der Waals surface area contributed by atoms with Gasteiger partial charge >= 0.3 is 0 Å². The highest BCUT2D eigenvalue weighted by Crippen LogP contribution is 2.30. The summed E-state index contributed by atoms with van der Waals surface area (Å²) in [7, 11) is 3.42. The smallest absolute Gasteiger partial charge is 0.169 e. The molecule has 1 fully saturated rings. The summed E-state index contributed by atoms with van der Waals surface area (Å²) in [4.78, 5) is 3.31. The second kappa shape index (κ2) is 8.37. The van der Waals surface area contributed by atoms with Crippen molar-refractivity contribution in [1.82, 2.24) is 0 Å². The number of ether oxygens (including phenoxy) is 2. The molecule has 1 aliphatic rings. The predicted octanol–water partition coefficient (Wildman–Crippen LogP) is 0.496. The molecule has 25 heavy (non-hydrogen) atoms. The molecule has 0 atom stereocenters. The summed E-state index contributed by atoms with van der Waals surface area (Å²) < 4.78 is 11.0. The van der Waals surface area contributed by atoms with Crippen LogP contribution in [0.3, 0.4) is 0 Å². The van der Waals surface area contributed by atoms with Gasteiger partial charge in [-0.25, -0.2) is 0 Å². The van der Waals surface area contributed by atoms with Crippen LogP contribution in [0.1, 0.15) is 16.7 Å². The van der Waals surface area contributed by atoms with Gasteiger partial charge in [-0.1, -0.05) is 35.9 Å². The van der Waals surface area contributed by atoms with Crippen LogP contribution in [-0.2, 0) is 13.1 Å². The molecule has 4 nitrogen and oxygen atoms in total. The lowest BCUT2D eigenvalue weighted by atomic mass is 10.1. The first-order valence-corrected chi connectivity index (χ1v) is 9.12. The molecule has 1 saturated heterocycles. The monoisotopic (exact) mass is 342 g/mol. The zero-order chi connectivity index (χ0) is 17.6. The van der Waals surface area contributed by atoms with Gasteiger partial charge in [0.05, 0.1) is 19.8 Å². The highest BCUT2D eigenvalue weighted by Gasteiger charge is 2.24. The molecule has 0 radical (unpaired) electrons. The molecule has 134 valence electrons. The van der Waals surface area contributed by atoms with Crippen LogP contribution in [0.4, 0.5) is 0 Å². The Hall–Kier alpha value is -2.04. The molecular weight excluding hydrogens is 312 g/mol. The van der Waals surface area contributed by atoms with Gasteiger partial charge in [-0.2, -0.15) is 0 Å². The third-order valence-corrected chi connectivity index (χ3v) is 5.16. The zero-order valence-corrected chi connectivity index (χ0v) is 15.6. The molecule has 0 aliphatic carbocycles. The Morgan fingerprint density at radius 1 is 0.800 bits per heavy atom. The van der Waals surface area contributed by atoms with Crippen molar-refractivity contribution in [2.75, 3.05) is 40.4 Å². The van der Waals surface area contributed by atoms with Gasteiger partial charge in [0.25, 0.3) is 0 Å². The van der Waals surface area contributed by atoms with E-state index >= 15 is 0 Å². The first-order valence-electron chi connectivity index (χ1n) is 9.12. The van der Waals surface area contributed by atoms with E-state index in [1.807, 2.05) is 6.07 Å². The van der Waals surface area contributed by atoms with Gasteiger partial charge in [0, 0.05) is 5.56 Å². The van der Waals surface area contributed by atoms with Crippen LogP contribution in [-0.4, -0.2) is 40.4 Å². The number of nitrogens with one attached hydrogen (secondary N) is 2. The largest absolute Gasteiger partial charge is 0.493 e. The lowest BCUT2D eigenvalue weighted by Crippen LogP contribution is -3.27. The van der Waals surface area contributed by atoms with Crippen LogP contribution >= 0.6 is 0 Å². The van der Waals surface area contributed by atoms with Gasteiger partial charge < -0.3 is 19.3 Å². The van der Waals surface area contributed by atoms with Crippen molar-refractivity contribution in [3.8, 4) is 11.5 Å². The van der Waals surface area contributed by atoms with E-state index in [1.54, 1.807) is 24.0 Å². The van der Waals surface area contributed by atoms with Gasteiger partial charge in [-0.05, 0) is 19.1 Å². The highest BCUT2D eigenvalue weighted by atomic mass is 16.5. The maximum atomic E-state index is 5.58. The van der Waals surface area contributed by atoms with Crippen molar-refractivity contribution in [2.45, 2.75) is 20.0 Å². The quantitative estimate of drug-likeness (QED) is 0.800. The number of aryl methyl sites for hydroxylation is 1. The standard InChI is InChI=1S/C21H28N2O2/c1-17-7-9-18(10-8-17)15-22-11-13-23(14-12-22)16-19-5-4-6-20(24-2)21(19)25-3/h4-10H,11-16H2,1-3H3/p+2. The van der Waals surface area contributed by atoms with Gasteiger partial charge in [0.1, 0.15) is 39.3 Å². The molecule has 2 aromatic carbocycles. The summed E-state index contributed by atoms with van der Waals surface area (Å²) in [5.41, 5.74) is 4.01. The van der Waals surface area contributed by atoms with E-state index in [4.69, 9.17) is 9.47 Å². The van der Waals surface area contributed by atoms with Crippen LogP contribution in [0.2, 0.25) is 0 Å². The first kappa shape index (κ1) is 17.8. The number of hydrogen-bond donors (Lipinski definition) is 2. The molecule has 0 amide bonds. The summed E-state index contributed by atoms with van der Waals surface area (Å²) >= 11 is 0. The van der Waals surface area contributed by atoms with E-state index in [0.29, 0.717) is 0 Å². The molecule has 0 unspecified atom stereocenters. The molecule has 0 spiro atoms. The summed E-state index contributed by atoms with van der Waals surface area (Å²) in [5.74, 6) is 1.70.